The summed E-state index contributed by atoms with van der Waals surface area (Å²) in [6.45, 7) is 6.97. The number of thiophene rings is 1. The Morgan fingerprint density at radius 2 is 1.63 bits per heavy atom. The molecular weight excluding hydrogens is 358 g/mol. The molecule has 0 bridgehead atoms. The number of carbonyl (C=O) groups is 2. The van der Waals surface area contributed by atoms with Crippen LogP contribution < -0.4 is 16.0 Å². The van der Waals surface area contributed by atoms with Gasteiger partial charge in [-0.3, -0.25) is 14.9 Å². The van der Waals surface area contributed by atoms with Crippen LogP contribution in [0.1, 0.15) is 55.2 Å². The Kier molecular flexibility index (Phi) is 8.48. The average molecular weight is 388 g/mol. The standard InChI is InChI=1S/C21H29N3O2S/c1-4-15(3)16-8-10-17(11-9-16)21(18-7-6-12-27-18)24-14-20(26)23-13-19(25)22-5-2/h6-12,15,21,24H,4-5,13-14H2,1-3H3,(H,22,25)(H,23,26)/t15-,21+/m1/s1. The highest BCUT2D eigenvalue weighted by Gasteiger charge is 2.17. The van der Waals surface area contributed by atoms with Crippen molar-refractivity contribution < 1.29 is 9.59 Å². The zero-order chi connectivity index (χ0) is 19.6. The molecule has 146 valence electrons. The smallest absolute Gasteiger partial charge is 0.239 e. The summed E-state index contributed by atoms with van der Waals surface area (Å²) in [6.07, 6.45) is 1.11. The number of amides is 2. The SMILES string of the molecule is CCNC(=O)CNC(=O)CN[C@@H](c1ccc([C@H](C)CC)cc1)c1cccs1. The molecule has 1 heterocycles. The number of benzene rings is 1. The Morgan fingerprint density at radius 3 is 2.22 bits per heavy atom. The Balaban J connectivity index is 2.01. The van der Waals surface area contributed by atoms with Crippen LogP contribution in [0, 0.1) is 0 Å². The van der Waals surface area contributed by atoms with Crippen LogP contribution in [-0.4, -0.2) is 31.4 Å². The quantitative estimate of drug-likeness (QED) is 0.586. The molecule has 1 aromatic carbocycles. The maximum Gasteiger partial charge on any atom is 0.239 e. The molecule has 0 radical (unpaired) electrons. The van der Waals surface area contributed by atoms with Crippen LogP contribution >= 0.6 is 11.3 Å². The summed E-state index contributed by atoms with van der Waals surface area (Å²) in [5, 5.41) is 10.7. The van der Waals surface area contributed by atoms with Crippen LogP contribution in [0.3, 0.4) is 0 Å². The summed E-state index contributed by atoms with van der Waals surface area (Å²) in [7, 11) is 0. The second-order valence-electron chi connectivity index (χ2n) is 6.54. The summed E-state index contributed by atoms with van der Waals surface area (Å²) < 4.78 is 0. The molecule has 2 atom stereocenters. The van der Waals surface area contributed by atoms with Gasteiger partial charge in [-0.05, 0) is 41.8 Å². The van der Waals surface area contributed by atoms with Crippen molar-refractivity contribution in [3.05, 3.63) is 57.8 Å². The molecule has 1 aromatic heterocycles. The van der Waals surface area contributed by atoms with Gasteiger partial charge >= 0.3 is 0 Å². The molecule has 2 amide bonds. The lowest BCUT2D eigenvalue weighted by Gasteiger charge is -2.19. The highest BCUT2D eigenvalue weighted by Crippen LogP contribution is 2.27. The third-order valence-corrected chi connectivity index (χ3v) is 5.50. The predicted octanol–water partition coefficient (Wildman–Crippen LogP) is 3.19. The molecule has 0 unspecified atom stereocenters. The van der Waals surface area contributed by atoms with Crippen molar-refractivity contribution in [2.24, 2.45) is 0 Å². The minimum Gasteiger partial charge on any atom is -0.355 e. The Morgan fingerprint density at radius 1 is 0.963 bits per heavy atom. The van der Waals surface area contributed by atoms with E-state index in [1.165, 1.54) is 5.56 Å². The van der Waals surface area contributed by atoms with Gasteiger partial charge in [-0.15, -0.1) is 11.3 Å². The van der Waals surface area contributed by atoms with E-state index in [9.17, 15) is 9.59 Å². The zero-order valence-corrected chi connectivity index (χ0v) is 17.1. The molecule has 0 aliphatic rings. The number of nitrogens with one attached hydrogen (secondary N) is 3. The lowest BCUT2D eigenvalue weighted by molar-refractivity contribution is -0.125. The van der Waals surface area contributed by atoms with Crippen molar-refractivity contribution in [2.45, 2.75) is 39.2 Å². The fourth-order valence-corrected chi connectivity index (χ4v) is 3.61. The van der Waals surface area contributed by atoms with E-state index in [4.69, 9.17) is 0 Å². The van der Waals surface area contributed by atoms with Gasteiger partial charge in [-0.1, -0.05) is 44.2 Å². The minimum absolute atomic E-state index is 0.00161. The highest BCUT2D eigenvalue weighted by molar-refractivity contribution is 7.10. The molecule has 27 heavy (non-hydrogen) atoms. The van der Waals surface area contributed by atoms with Gasteiger partial charge < -0.3 is 10.6 Å². The van der Waals surface area contributed by atoms with E-state index in [0.717, 1.165) is 16.9 Å². The molecule has 2 rings (SSSR count). The largest absolute Gasteiger partial charge is 0.355 e. The van der Waals surface area contributed by atoms with Gasteiger partial charge in [-0.25, -0.2) is 0 Å². The van der Waals surface area contributed by atoms with Gasteiger partial charge in [0, 0.05) is 11.4 Å². The molecule has 3 N–H and O–H groups in total. The van der Waals surface area contributed by atoms with E-state index < -0.39 is 0 Å². The third-order valence-electron chi connectivity index (χ3n) is 4.57. The normalized spacial score (nSPS) is 13.0. The first-order valence-corrected chi connectivity index (χ1v) is 10.3. The maximum absolute atomic E-state index is 12.1. The molecule has 0 saturated heterocycles. The predicted molar refractivity (Wildman–Crippen MR) is 111 cm³/mol. The van der Waals surface area contributed by atoms with Crippen molar-refractivity contribution >= 4 is 23.2 Å². The average Bonchev–Trinajstić information content (AvgIpc) is 3.21. The lowest BCUT2D eigenvalue weighted by atomic mass is 9.95. The zero-order valence-electron chi connectivity index (χ0n) is 16.2. The van der Waals surface area contributed by atoms with Crippen molar-refractivity contribution in [3.63, 3.8) is 0 Å². The van der Waals surface area contributed by atoms with Gasteiger partial charge in [0.1, 0.15) is 0 Å². The van der Waals surface area contributed by atoms with Crippen molar-refractivity contribution in [2.75, 3.05) is 19.6 Å². The molecule has 2 aromatic rings. The molecule has 0 fully saturated rings. The van der Waals surface area contributed by atoms with Crippen LogP contribution in [0.15, 0.2) is 41.8 Å². The summed E-state index contributed by atoms with van der Waals surface area (Å²) >= 11 is 1.66. The lowest BCUT2D eigenvalue weighted by Crippen LogP contribution is -2.41. The Labute approximate surface area is 165 Å². The number of hydrogen-bond acceptors (Lipinski definition) is 4. The number of hydrogen-bond donors (Lipinski definition) is 3. The van der Waals surface area contributed by atoms with E-state index >= 15 is 0 Å². The fourth-order valence-electron chi connectivity index (χ4n) is 2.79. The summed E-state index contributed by atoms with van der Waals surface area (Å²) in [6, 6.07) is 12.6. The molecular formula is C21H29N3O2S. The first-order chi connectivity index (χ1) is 13.0. The number of carbonyl (C=O) groups excluding carboxylic acids is 2. The molecule has 5 nitrogen and oxygen atoms in total. The van der Waals surface area contributed by atoms with Gasteiger partial charge in [0.25, 0.3) is 0 Å². The molecule has 0 aliphatic heterocycles. The molecule has 6 heteroatoms. The van der Waals surface area contributed by atoms with Crippen LogP contribution in [0.5, 0.6) is 0 Å². The fraction of sp³-hybridized carbons (Fsp3) is 0.429. The number of rotatable bonds is 10. The van der Waals surface area contributed by atoms with Gasteiger partial charge in [0.2, 0.25) is 11.8 Å². The van der Waals surface area contributed by atoms with Crippen LogP contribution in [0.25, 0.3) is 0 Å². The number of likely N-dealkylation sites (N-methyl/N-ethyl adjacent to an activating group) is 1. The summed E-state index contributed by atoms with van der Waals surface area (Å²) in [5.41, 5.74) is 2.45. The van der Waals surface area contributed by atoms with Crippen LogP contribution in [0.2, 0.25) is 0 Å². The molecule has 0 aliphatic carbocycles. The monoisotopic (exact) mass is 387 g/mol. The van der Waals surface area contributed by atoms with E-state index in [2.05, 4.69) is 60.1 Å². The van der Waals surface area contributed by atoms with Gasteiger partial charge in [0.15, 0.2) is 0 Å². The van der Waals surface area contributed by atoms with E-state index in [0.29, 0.717) is 12.5 Å². The first kappa shape index (κ1) is 21.1. The maximum atomic E-state index is 12.1. The summed E-state index contributed by atoms with van der Waals surface area (Å²) in [4.78, 5) is 24.7. The van der Waals surface area contributed by atoms with Crippen LogP contribution in [-0.2, 0) is 9.59 Å². The topological polar surface area (TPSA) is 70.2 Å². The second kappa shape index (κ2) is 10.8. The van der Waals surface area contributed by atoms with Crippen LogP contribution in [0.4, 0.5) is 0 Å². The second-order valence-corrected chi connectivity index (χ2v) is 7.51. The van der Waals surface area contributed by atoms with E-state index in [-0.39, 0.29) is 30.9 Å². The van der Waals surface area contributed by atoms with E-state index in [1.807, 2.05) is 18.4 Å². The highest BCUT2D eigenvalue weighted by atomic mass is 32.1. The van der Waals surface area contributed by atoms with Gasteiger partial charge in [0.05, 0.1) is 19.1 Å². The van der Waals surface area contributed by atoms with Crippen molar-refractivity contribution in [1.82, 2.24) is 16.0 Å². The minimum atomic E-state index is -0.195. The summed E-state index contributed by atoms with van der Waals surface area (Å²) in [5.74, 6) is 0.160. The third kappa shape index (κ3) is 6.48. The molecule has 0 saturated carbocycles. The van der Waals surface area contributed by atoms with Crippen molar-refractivity contribution in [1.29, 1.82) is 0 Å². The molecule has 0 spiro atoms. The Bertz CT molecular complexity index is 714. The van der Waals surface area contributed by atoms with E-state index in [1.54, 1.807) is 11.3 Å². The van der Waals surface area contributed by atoms with Gasteiger partial charge in [-0.2, -0.15) is 0 Å². The van der Waals surface area contributed by atoms with Crippen molar-refractivity contribution in [3.8, 4) is 0 Å². The first-order valence-electron chi connectivity index (χ1n) is 9.45. The Hall–Kier alpha value is -2.18.